The number of benzene rings is 1. The normalized spacial score (nSPS) is 10.8. The van der Waals surface area contributed by atoms with Gasteiger partial charge in [0.1, 0.15) is 0 Å². The molecule has 0 aliphatic heterocycles. The molecular weight excluding hydrogens is 404 g/mol. The predicted octanol–water partition coefficient (Wildman–Crippen LogP) is 2.78. The maximum Gasteiger partial charge on any atom is 0.380 e. The third-order valence-electron chi connectivity index (χ3n) is 3.80. The lowest BCUT2D eigenvalue weighted by Crippen LogP contribution is -2.19. The van der Waals surface area contributed by atoms with Crippen molar-refractivity contribution in [1.82, 2.24) is 19.9 Å². The molecule has 3 rings (SSSR count). The summed E-state index contributed by atoms with van der Waals surface area (Å²) in [5, 5.41) is 7.96. The number of halogens is 1. The van der Waals surface area contributed by atoms with E-state index in [4.69, 9.17) is 9.26 Å². The molecule has 0 saturated heterocycles. The number of rotatable bonds is 5. The Balaban J connectivity index is 1.68. The molecule has 0 radical (unpaired) electrons. The zero-order chi connectivity index (χ0) is 18.8. The smallest absolute Gasteiger partial charge is 0.380 e. The molecule has 8 nitrogen and oxygen atoms in total. The SMILES string of the molecule is Cc1nn(C)c(C)c1C(=O)C(=O)OCc1nc(-c2cccc(Br)c2)no1. The number of aromatic nitrogens is 4. The first kappa shape index (κ1) is 18.0. The minimum atomic E-state index is -0.994. The Morgan fingerprint density at radius 2 is 2.08 bits per heavy atom. The lowest BCUT2D eigenvalue weighted by atomic mass is 10.1. The van der Waals surface area contributed by atoms with Crippen LogP contribution in [0.3, 0.4) is 0 Å². The molecule has 3 aromatic rings. The molecule has 2 aromatic heterocycles. The highest BCUT2D eigenvalue weighted by Crippen LogP contribution is 2.20. The van der Waals surface area contributed by atoms with Gasteiger partial charge in [0, 0.05) is 22.8 Å². The van der Waals surface area contributed by atoms with Gasteiger partial charge in [-0.25, -0.2) is 4.79 Å². The Morgan fingerprint density at radius 1 is 1.31 bits per heavy atom. The lowest BCUT2D eigenvalue weighted by molar-refractivity contribution is -0.140. The third kappa shape index (κ3) is 3.57. The second-order valence-electron chi connectivity index (χ2n) is 5.60. The van der Waals surface area contributed by atoms with Crippen molar-refractivity contribution in [2.75, 3.05) is 0 Å². The lowest BCUT2D eigenvalue weighted by Gasteiger charge is -2.02. The summed E-state index contributed by atoms with van der Waals surface area (Å²) in [6.07, 6.45) is 0. The second-order valence-corrected chi connectivity index (χ2v) is 6.51. The number of esters is 1. The summed E-state index contributed by atoms with van der Waals surface area (Å²) in [5.74, 6) is -1.28. The molecule has 0 aliphatic carbocycles. The van der Waals surface area contributed by atoms with E-state index in [2.05, 4.69) is 31.2 Å². The molecule has 0 fully saturated rings. The van der Waals surface area contributed by atoms with Crippen LogP contribution in [0.4, 0.5) is 0 Å². The summed E-state index contributed by atoms with van der Waals surface area (Å²) in [6.45, 7) is 3.09. The number of aryl methyl sites for hydroxylation is 2. The largest absolute Gasteiger partial charge is 0.450 e. The van der Waals surface area contributed by atoms with Crippen LogP contribution >= 0.6 is 15.9 Å². The molecule has 0 spiro atoms. The van der Waals surface area contributed by atoms with Gasteiger partial charge in [-0.1, -0.05) is 33.2 Å². The van der Waals surface area contributed by atoms with Crippen LogP contribution in [-0.2, 0) is 23.2 Å². The number of nitrogens with zero attached hydrogens (tertiary/aromatic N) is 4. The fourth-order valence-electron chi connectivity index (χ4n) is 2.46. The average Bonchev–Trinajstić information content (AvgIpc) is 3.17. The second kappa shape index (κ2) is 7.20. The Morgan fingerprint density at radius 3 is 2.73 bits per heavy atom. The molecule has 9 heteroatoms. The molecule has 0 bridgehead atoms. The van der Waals surface area contributed by atoms with E-state index in [0.717, 1.165) is 10.0 Å². The number of ether oxygens (including phenoxy) is 1. The highest BCUT2D eigenvalue weighted by atomic mass is 79.9. The number of Topliss-reactive ketones (excluding diaryl/α,β-unsaturated/α-hetero) is 1. The first-order chi connectivity index (χ1) is 12.4. The summed E-state index contributed by atoms with van der Waals surface area (Å²) >= 11 is 3.37. The molecule has 0 amide bonds. The number of hydrogen-bond donors (Lipinski definition) is 0. The van der Waals surface area contributed by atoms with E-state index in [-0.39, 0.29) is 18.1 Å². The van der Waals surface area contributed by atoms with Crippen LogP contribution in [0.1, 0.15) is 27.6 Å². The molecule has 134 valence electrons. The van der Waals surface area contributed by atoms with Gasteiger partial charge in [-0.3, -0.25) is 9.48 Å². The molecule has 0 saturated carbocycles. The molecule has 26 heavy (non-hydrogen) atoms. The van der Waals surface area contributed by atoms with Gasteiger partial charge in [-0.2, -0.15) is 10.1 Å². The summed E-state index contributed by atoms with van der Waals surface area (Å²) in [5.41, 5.74) is 2.07. The van der Waals surface area contributed by atoms with Gasteiger partial charge < -0.3 is 9.26 Å². The van der Waals surface area contributed by atoms with Crippen molar-refractivity contribution in [3.8, 4) is 11.4 Å². The van der Waals surface area contributed by atoms with Crippen molar-refractivity contribution in [2.45, 2.75) is 20.5 Å². The van der Waals surface area contributed by atoms with Gasteiger partial charge in [0.15, 0.2) is 6.61 Å². The first-order valence-electron chi connectivity index (χ1n) is 7.67. The Labute approximate surface area is 157 Å². The summed E-state index contributed by atoms with van der Waals surface area (Å²) in [4.78, 5) is 28.5. The fraction of sp³-hybridized carbons (Fsp3) is 0.235. The minimum Gasteiger partial charge on any atom is -0.450 e. The van der Waals surface area contributed by atoms with E-state index < -0.39 is 11.8 Å². The molecule has 0 unspecified atom stereocenters. The van der Waals surface area contributed by atoms with Gasteiger partial charge in [-0.05, 0) is 26.0 Å². The van der Waals surface area contributed by atoms with Crippen molar-refractivity contribution in [3.05, 3.63) is 51.6 Å². The topological polar surface area (TPSA) is 100 Å². The Kier molecular flexibility index (Phi) is 4.99. The van der Waals surface area contributed by atoms with Crippen molar-refractivity contribution >= 4 is 27.7 Å². The summed E-state index contributed by atoms with van der Waals surface area (Å²) in [6, 6.07) is 7.37. The molecular formula is C17H15BrN4O4. The van der Waals surface area contributed by atoms with Crippen LogP contribution in [0.2, 0.25) is 0 Å². The Hall–Kier alpha value is -2.81. The maximum atomic E-state index is 12.3. The van der Waals surface area contributed by atoms with Crippen LogP contribution in [0, 0.1) is 13.8 Å². The number of ketones is 1. The molecule has 0 atom stereocenters. The molecule has 2 heterocycles. The van der Waals surface area contributed by atoms with Crippen LogP contribution in [0.5, 0.6) is 0 Å². The van der Waals surface area contributed by atoms with E-state index in [1.54, 1.807) is 20.9 Å². The van der Waals surface area contributed by atoms with E-state index in [9.17, 15) is 9.59 Å². The van der Waals surface area contributed by atoms with Gasteiger partial charge in [0.05, 0.1) is 11.3 Å². The first-order valence-corrected chi connectivity index (χ1v) is 8.46. The van der Waals surface area contributed by atoms with Crippen LogP contribution < -0.4 is 0 Å². The van der Waals surface area contributed by atoms with Crippen LogP contribution in [0.15, 0.2) is 33.3 Å². The quantitative estimate of drug-likeness (QED) is 0.356. The monoisotopic (exact) mass is 418 g/mol. The predicted molar refractivity (Wildman–Crippen MR) is 94.2 cm³/mol. The van der Waals surface area contributed by atoms with Crippen LogP contribution in [-0.4, -0.2) is 31.7 Å². The fourth-order valence-corrected chi connectivity index (χ4v) is 2.85. The van der Waals surface area contributed by atoms with Gasteiger partial charge in [0.25, 0.3) is 11.7 Å². The van der Waals surface area contributed by atoms with Crippen molar-refractivity contribution in [2.24, 2.45) is 7.05 Å². The highest BCUT2D eigenvalue weighted by molar-refractivity contribution is 9.10. The van der Waals surface area contributed by atoms with Crippen LogP contribution in [0.25, 0.3) is 11.4 Å². The summed E-state index contributed by atoms with van der Waals surface area (Å²) in [7, 11) is 1.70. The molecule has 0 aliphatic rings. The summed E-state index contributed by atoms with van der Waals surface area (Å²) < 4.78 is 12.5. The van der Waals surface area contributed by atoms with E-state index in [0.29, 0.717) is 17.2 Å². The molecule has 0 N–H and O–H groups in total. The van der Waals surface area contributed by atoms with Gasteiger partial charge in [0.2, 0.25) is 5.82 Å². The van der Waals surface area contributed by atoms with Gasteiger partial charge >= 0.3 is 5.97 Å². The van der Waals surface area contributed by atoms with Crippen molar-refractivity contribution < 1.29 is 18.8 Å². The van der Waals surface area contributed by atoms with Crippen molar-refractivity contribution in [1.29, 1.82) is 0 Å². The van der Waals surface area contributed by atoms with E-state index >= 15 is 0 Å². The number of carbonyl (C=O) groups is 2. The number of hydrogen-bond acceptors (Lipinski definition) is 7. The van der Waals surface area contributed by atoms with E-state index in [1.807, 2.05) is 24.3 Å². The molecule has 1 aromatic carbocycles. The number of carbonyl (C=O) groups excluding carboxylic acids is 2. The van der Waals surface area contributed by atoms with E-state index in [1.165, 1.54) is 4.68 Å². The van der Waals surface area contributed by atoms with Crippen molar-refractivity contribution in [3.63, 3.8) is 0 Å². The zero-order valence-corrected chi connectivity index (χ0v) is 15.9. The third-order valence-corrected chi connectivity index (χ3v) is 4.29. The zero-order valence-electron chi connectivity index (χ0n) is 14.3. The Bertz CT molecular complexity index is 993. The average molecular weight is 419 g/mol. The minimum absolute atomic E-state index is 0.0979. The van der Waals surface area contributed by atoms with Gasteiger partial charge in [-0.15, -0.1) is 0 Å². The standard InChI is InChI=1S/C17H15BrN4O4/c1-9-14(10(2)22(3)20-9)15(23)17(24)25-8-13-19-16(21-26-13)11-5-4-6-12(18)7-11/h4-7H,8H2,1-3H3. The highest BCUT2D eigenvalue weighted by Gasteiger charge is 2.25. The maximum absolute atomic E-state index is 12.3.